The number of ether oxygens (including phenoxy) is 1. The van der Waals surface area contributed by atoms with Gasteiger partial charge in [0.25, 0.3) is 10.1 Å². The SMILES string of the molecule is CC[C@@H](/C=C/[C@@H](C)[C@H]1CC[C@H]2[C@@H]3C[C@@H]4O[C@@]45C[C@@H](OS(=O)(=O)c4ccc(C)cc4)CC[C@]5(C)[C@H]3CC[C@]12C)C(C)C. The Hall–Kier alpha value is -1.17. The highest BCUT2D eigenvalue weighted by Crippen LogP contribution is 2.74. The van der Waals surface area contributed by atoms with Crippen molar-refractivity contribution in [2.45, 2.75) is 129 Å². The fourth-order valence-corrected chi connectivity index (χ4v) is 12.0. The molecule has 1 aromatic rings. The van der Waals surface area contributed by atoms with Crippen LogP contribution in [0.15, 0.2) is 41.3 Å². The molecule has 0 unspecified atom stereocenters. The van der Waals surface area contributed by atoms with Gasteiger partial charge in [0, 0.05) is 11.8 Å². The van der Waals surface area contributed by atoms with Crippen molar-refractivity contribution in [3.63, 3.8) is 0 Å². The standard InChI is InChI=1S/C36H54O4S/c1-8-26(23(2)3)12-11-25(5)30-15-16-31-29-21-33-36(39-33)22-27(40-41(37,38)28-13-9-24(4)10-14-28)17-20-35(36,7)32(29)18-19-34(30,31)6/h9-14,23,25-27,29-33H,8,15-22H2,1-7H3/b12-11+/t25-,26+,27+,29+,30-,31+,32+,33+,34-,35-,36+/m1/s1. The number of rotatable bonds is 8. The Morgan fingerprint density at radius 2 is 1.73 bits per heavy atom. The molecule has 0 bridgehead atoms. The number of allylic oxidation sites excluding steroid dienone is 2. The average Bonchev–Trinajstić information content (AvgIpc) is 3.49. The maximum Gasteiger partial charge on any atom is 0.297 e. The predicted octanol–water partition coefficient (Wildman–Crippen LogP) is 8.73. The summed E-state index contributed by atoms with van der Waals surface area (Å²) in [4.78, 5) is 0.256. The zero-order valence-corrected chi connectivity index (χ0v) is 27.4. The third-order valence-electron chi connectivity index (χ3n) is 13.3. The molecule has 41 heavy (non-hydrogen) atoms. The lowest BCUT2D eigenvalue weighted by molar-refractivity contribution is -0.112. The highest BCUT2D eigenvalue weighted by Gasteiger charge is 2.76. The van der Waals surface area contributed by atoms with Gasteiger partial charge >= 0.3 is 0 Å². The molecule has 6 rings (SSSR count). The van der Waals surface area contributed by atoms with E-state index in [-0.39, 0.29) is 28.1 Å². The van der Waals surface area contributed by atoms with Crippen LogP contribution in [-0.2, 0) is 19.0 Å². The molecule has 4 saturated carbocycles. The fraction of sp³-hybridized carbons (Fsp3) is 0.778. The van der Waals surface area contributed by atoms with E-state index in [1.54, 1.807) is 12.1 Å². The summed E-state index contributed by atoms with van der Waals surface area (Å²) in [5.74, 6) is 4.97. The maximum absolute atomic E-state index is 13.1. The lowest BCUT2D eigenvalue weighted by Crippen LogP contribution is -2.59. The Morgan fingerprint density at radius 1 is 1.00 bits per heavy atom. The van der Waals surface area contributed by atoms with Gasteiger partial charge in [-0.2, -0.15) is 8.42 Å². The quantitative estimate of drug-likeness (QED) is 0.175. The van der Waals surface area contributed by atoms with E-state index in [1.807, 2.05) is 19.1 Å². The normalized spacial score (nSPS) is 43.2. The molecule has 228 valence electrons. The van der Waals surface area contributed by atoms with Crippen LogP contribution in [0.4, 0.5) is 0 Å². The van der Waals surface area contributed by atoms with E-state index in [0.717, 1.165) is 42.6 Å². The second kappa shape index (κ2) is 10.5. The van der Waals surface area contributed by atoms with Crippen LogP contribution in [0, 0.1) is 59.2 Å². The first kappa shape index (κ1) is 29.9. The molecule has 0 N–H and O–H groups in total. The van der Waals surface area contributed by atoms with Gasteiger partial charge in [-0.3, -0.25) is 4.18 Å². The van der Waals surface area contributed by atoms with E-state index in [4.69, 9.17) is 8.92 Å². The van der Waals surface area contributed by atoms with Crippen LogP contribution in [0.25, 0.3) is 0 Å². The number of fused-ring (bicyclic) bond motifs is 4. The summed E-state index contributed by atoms with van der Waals surface area (Å²) in [6, 6.07) is 7.00. The minimum atomic E-state index is -3.78. The molecule has 0 radical (unpaired) electrons. The van der Waals surface area contributed by atoms with E-state index < -0.39 is 10.1 Å². The number of benzene rings is 1. The number of epoxide rings is 1. The topological polar surface area (TPSA) is 55.9 Å². The van der Waals surface area contributed by atoms with Crippen molar-refractivity contribution in [2.24, 2.45) is 52.3 Å². The Balaban J connectivity index is 1.16. The van der Waals surface area contributed by atoms with Crippen LogP contribution in [0.5, 0.6) is 0 Å². The summed E-state index contributed by atoms with van der Waals surface area (Å²) < 4.78 is 38.8. The van der Waals surface area contributed by atoms with Gasteiger partial charge in [0.05, 0.1) is 17.1 Å². The summed E-state index contributed by atoms with van der Waals surface area (Å²) in [6.45, 7) is 16.6. The zero-order valence-electron chi connectivity index (χ0n) is 26.6. The van der Waals surface area contributed by atoms with Crippen LogP contribution >= 0.6 is 0 Å². The first-order chi connectivity index (χ1) is 19.3. The Kier molecular flexibility index (Phi) is 7.64. The molecule has 0 amide bonds. The van der Waals surface area contributed by atoms with Gasteiger partial charge in [-0.15, -0.1) is 0 Å². The van der Waals surface area contributed by atoms with Crippen LogP contribution in [0.1, 0.15) is 105 Å². The van der Waals surface area contributed by atoms with Crippen molar-refractivity contribution in [2.75, 3.05) is 0 Å². The minimum absolute atomic E-state index is 0.116. The monoisotopic (exact) mass is 582 g/mol. The summed E-state index contributed by atoms with van der Waals surface area (Å²) >= 11 is 0. The van der Waals surface area contributed by atoms with Crippen molar-refractivity contribution in [3.05, 3.63) is 42.0 Å². The molecular weight excluding hydrogens is 528 g/mol. The number of hydrogen-bond donors (Lipinski definition) is 0. The van der Waals surface area contributed by atoms with Crippen LogP contribution in [0.3, 0.4) is 0 Å². The van der Waals surface area contributed by atoms with Crippen molar-refractivity contribution < 1.29 is 17.3 Å². The van der Waals surface area contributed by atoms with Gasteiger partial charge in [-0.25, -0.2) is 0 Å². The molecule has 4 nitrogen and oxygen atoms in total. The minimum Gasteiger partial charge on any atom is -0.365 e. The van der Waals surface area contributed by atoms with Crippen LogP contribution < -0.4 is 0 Å². The highest BCUT2D eigenvalue weighted by atomic mass is 32.2. The Morgan fingerprint density at radius 3 is 2.41 bits per heavy atom. The molecule has 1 aliphatic heterocycles. The molecule has 11 atom stereocenters. The lowest BCUT2D eigenvalue weighted by Gasteiger charge is -2.59. The van der Waals surface area contributed by atoms with E-state index in [0.29, 0.717) is 35.5 Å². The second-order valence-corrected chi connectivity index (χ2v) is 17.1. The average molecular weight is 583 g/mol. The first-order valence-corrected chi connectivity index (χ1v) is 18.1. The third-order valence-corrected chi connectivity index (χ3v) is 14.7. The number of hydrogen-bond acceptors (Lipinski definition) is 4. The van der Waals surface area contributed by atoms with Gasteiger partial charge in [0.15, 0.2) is 0 Å². The van der Waals surface area contributed by atoms with Gasteiger partial charge in [0.1, 0.15) is 5.60 Å². The zero-order chi connectivity index (χ0) is 29.4. The fourth-order valence-electron chi connectivity index (χ4n) is 10.8. The predicted molar refractivity (Wildman–Crippen MR) is 165 cm³/mol. The van der Waals surface area contributed by atoms with Gasteiger partial charge in [-0.05, 0) is 117 Å². The molecule has 5 heteroatoms. The molecular formula is C36H54O4S. The van der Waals surface area contributed by atoms with E-state index in [9.17, 15) is 8.42 Å². The smallest absolute Gasteiger partial charge is 0.297 e. The van der Waals surface area contributed by atoms with E-state index in [2.05, 4.69) is 53.7 Å². The number of aryl methyl sites for hydroxylation is 1. The molecule has 1 aromatic carbocycles. The van der Waals surface area contributed by atoms with Gasteiger partial charge in [0.2, 0.25) is 0 Å². The van der Waals surface area contributed by atoms with Gasteiger partial charge in [-0.1, -0.05) is 71.4 Å². The van der Waals surface area contributed by atoms with Crippen molar-refractivity contribution in [1.29, 1.82) is 0 Å². The second-order valence-electron chi connectivity index (χ2n) is 15.5. The summed E-state index contributed by atoms with van der Waals surface area (Å²) in [7, 11) is -3.78. The molecule has 1 heterocycles. The van der Waals surface area contributed by atoms with Crippen molar-refractivity contribution in [3.8, 4) is 0 Å². The molecule has 0 aromatic heterocycles. The van der Waals surface area contributed by atoms with E-state index in [1.165, 1.54) is 32.1 Å². The summed E-state index contributed by atoms with van der Waals surface area (Å²) in [6.07, 6.45) is 15.3. The van der Waals surface area contributed by atoms with Crippen LogP contribution in [0.2, 0.25) is 0 Å². The first-order valence-electron chi connectivity index (χ1n) is 16.7. The largest absolute Gasteiger partial charge is 0.365 e. The Labute approximate surface area is 250 Å². The maximum atomic E-state index is 13.1. The Bertz CT molecular complexity index is 1250. The lowest BCUT2D eigenvalue weighted by atomic mass is 9.44. The molecule has 4 aliphatic carbocycles. The van der Waals surface area contributed by atoms with Gasteiger partial charge < -0.3 is 4.74 Å². The summed E-state index contributed by atoms with van der Waals surface area (Å²) in [5.41, 5.74) is 1.37. The molecule has 1 saturated heterocycles. The molecule has 1 spiro atoms. The highest BCUT2D eigenvalue weighted by molar-refractivity contribution is 7.86. The molecule has 5 aliphatic rings. The van der Waals surface area contributed by atoms with Crippen molar-refractivity contribution >= 4 is 10.1 Å². The van der Waals surface area contributed by atoms with Crippen LogP contribution in [-0.4, -0.2) is 26.2 Å². The summed E-state index contributed by atoms with van der Waals surface area (Å²) in [5, 5.41) is 0. The third kappa shape index (κ3) is 4.79. The molecule has 5 fully saturated rings. The van der Waals surface area contributed by atoms with E-state index >= 15 is 0 Å². The van der Waals surface area contributed by atoms with Crippen molar-refractivity contribution in [1.82, 2.24) is 0 Å².